The molecule has 3 aromatic carbocycles. The third kappa shape index (κ3) is 7.27. The minimum atomic E-state index is -1.19. The fourth-order valence-corrected chi connectivity index (χ4v) is 5.01. The van der Waals surface area contributed by atoms with Gasteiger partial charge in [-0.25, -0.2) is 9.59 Å². The summed E-state index contributed by atoms with van der Waals surface area (Å²) in [5.74, 6) is -1.63. The second-order valence-corrected chi connectivity index (χ2v) is 10.00. The zero-order valence-corrected chi connectivity index (χ0v) is 22.8. The molecule has 0 saturated carbocycles. The van der Waals surface area contributed by atoms with E-state index in [1.165, 1.54) is 0 Å². The number of carboxylic acids is 1. The zero-order chi connectivity index (χ0) is 28.5. The van der Waals surface area contributed by atoms with Crippen LogP contribution < -0.4 is 10.6 Å². The Kier molecular flexibility index (Phi) is 9.91. The first-order chi connectivity index (χ1) is 19.4. The van der Waals surface area contributed by atoms with E-state index in [2.05, 4.69) is 34.9 Å². The number of rotatable bonds is 13. The van der Waals surface area contributed by atoms with Gasteiger partial charge in [0.1, 0.15) is 6.61 Å². The van der Waals surface area contributed by atoms with E-state index in [-0.39, 0.29) is 31.6 Å². The maximum absolute atomic E-state index is 12.7. The Bertz CT molecular complexity index is 1270. The molecule has 8 nitrogen and oxygen atoms in total. The van der Waals surface area contributed by atoms with Crippen LogP contribution in [0, 0.1) is 0 Å². The third-order valence-corrected chi connectivity index (χ3v) is 7.29. The molecule has 1 unspecified atom stereocenters. The van der Waals surface area contributed by atoms with E-state index in [4.69, 9.17) is 9.47 Å². The van der Waals surface area contributed by atoms with Crippen molar-refractivity contribution in [1.29, 1.82) is 0 Å². The molecule has 0 fully saturated rings. The molecule has 0 spiro atoms. The summed E-state index contributed by atoms with van der Waals surface area (Å²) in [5, 5.41) is 15.0. The van der Waals surface area contributed by atoms with Crippen LogP contribution in [0.15, 0.2) is 78.9 Å². The highest BCUT2D eigenvalue weighted by molar-refractivity contribution is 5.84. The van der Waals surface area contributed by atoms with E-state index in [0.29, 0.717) is 12.8 Å². The quantitative estimate of drug-likeness (QED) is 0.271. The number of benzene rings is 3. The molecule has 0 aliphatic heterocycles. The number of carbonyl (C=O) groups excluding carboxylic acids is 2. The lowest BCUT2D eigenvalue weighted by Gasteiger charge is -2.23. The topological polar surface area (TPSA) is 114 Å². The second-order valence-electron chi connectivity index (χ2n) is 10.00. The molecule has 3 N–H and O–H groups in total. The van der Waals surface area contributed by atoms with Crippen LogP contribution in [0.2, 0.25) is 0 Å². The molecule has 0 radical (unpaired) electrons. The normalized spacial score (nSPS) is 14.3. The van der Waals surface area contributed by atoms with Crippen molar-refractivity contribution in [3.63, 3.8) is 0 Å². The average molecular weight is 545 g/mol. The highest BCUT2D eigenvalue weighted by Gasteiger charge is 2.30. The van der Waals surface area contributed by atoms with Gasteiger partial charge in [-0.2, -0.15) is 0 Å². The standard InChI is InChI=1S/C32H36N2O6/c1-3-23(17-18-29(35)34-30(31(36)37)21(2)39-19-22-11-5-4-6-12-22)33-32(38)40-20-28-26-15-9-7-13-24(26)25-14-8-10-16-27(25)28/h4-16,21,23,28,30H,3,17-20H2,1-2H3,(H,33,38)(H,34,35)(H,36,37)/t21-,23?,30+/m1/s1. The van der Waals surface area contributed by atoms with Crippen molar-refractivity contribution in [2.75, 3.05) is 6.61 Å². The molecule has 3 aromatic rings. The van der Waals surface area contributed by atoms with Crippen LogP contribution in [-0.4, -0.2) is 47.9 Å². The number of hydrogen-bond acceptors (Lipinski definition) is 5. The highest BCUT2D eigenvalue weighted by atomic mass is 16.5. The molecule has 0 saturated heterocycles. The molecule has 0 bridgehead atoms. The van der Waals surface area contributed by atoms with E-state index in [0.717, 1.165) is 27.8 Å². The summed E-state index contributed by atoms with van der Waals surface area (Å²) in [6.07, 6.45) is -0.283. The number of carbonyl (C=O) groups is 3. The molecular weight excluding hydrogens is 508 g/mol. The summed E-state index contributed by atoms with van der Waals surface area (Å²) < 4.78 is 11.3. The van der Waals surface area contributed by atoms with E-state index in [9.17, 15) is 19.5 Å². The number of hydrogen-bond donors (Lipinski definition) is 3. The molecule has 2 amide bonds. The second kappa shape index (κ2) is 13.8. The van der Waals surface area contributed by atoms with Gasteiger partial charge >= 0.3 is 12.1 Å². The van der Waals surface area contributed by atoms with E-state index >= 15 is 0 Å². The van der Waals surface area contributed by atoms with Gasteiger partial charge in [-0.3, -0.25) is 4.79 Å². The minimum absolute atomic E-state index is 0.0388. The summed E-state index contributed by atoms with van der Waals surface area (Å²) in [7, 11) is 0. The monoisotopic (exact) mass is 544 g/mol. The number of amides is 2. The lowest BCUT2D eigenvalue weighted by Crippen LogP contribution is -2.49. The third-order valence-electron chi connectivity index (χ3n) is 7.29. The summed E-state index contributed by atoms with van der Waals surface area (Å²) >= 11 is 0. The van der Waals surface area contributed by atoms with Crippen molar-refractivity contribution < 1.29 is 29.0 Å². The summed E-state index contributed by atoms with van der Waals surface area (Å²) in [6.45, 7) is 3.98. The molecule has 0 heterocycles. The number of carboxylic acid groups (broad SMARTS) is 1. The first-order valence-electron chi connectivity index (χ1n) is 13.7. The van der Waals surface area contributed by atoms with Crippen molar-refractivity contribution >= 4 is 18.0 Å². The summed E-state index contributed by atoms with van der Waals surface area (Å²) in [6, 6.07) is 24.2. The van der Waals surface area contributed by atoms with Gasteiger partial charge < -0.3 is 25.2 Å². The van der Waals surface area contributed by atoms with Gasteiger partial charge in [0, 0.05) is 18.4 Å². The minimum Gasteiger partial charge on any atom is -0.480 e. The lowest BCUT2D eigenvalue weighted by atomic mass is 9.98. The lowest BCUT2D eigenvalue weighted by molar-refractivity contribution is -0.146. The van der Waals surface area contributed by atoms with Gasteiger partial charge in [0.15, 0.2) is 6.04 Å². The van der Waals surface area contributed by atoms with Crippen LogP contribution in [0.4, 0.5) is 4.79 Å². The van der Waals surface area contributed by atoms with Crippen molar-refractivity contribution in [1.82, 2.24) is 10.6 Å². The van der Waals surface area contributed by atoms with Crippen LogP contribution in [0.25, 0.3) is 11.1 Å². The first kappa shape index (κ1) is 28.8. The Balaban J connectivity index is 1.24. The van der Waals surface area contributed by atoms with Crippen LogP contribution in [0.5, 0.6) is 0 Å². The van der Waals surface area contributed by atoms with Gasteiger partial charge in [-0.15, -0.1) is 0 Å². The largest absolute Gasteiger partial charge is 0.480 e. The maximum atomic E-state index is 12.7. The van der Waals surface area contributed by atoms with Crippen molar-refractivity contribution in [2.24, 2.45) is 0 Å². The van der Waals surface area contributed by atoms with Crippen molar-refractivity contribution in [2.45, 2.75) is 63.8 Å². The predicted molar refractivity (Wildman–Crippen MR) is 152 cm³/mol. The van der Waals surface area contributed by atoms with Gasteiger partial charge in [0.05, 0.1) is 12.7 Å². The molecule has 210 valence electrons. The van der Waals surface area contributed by atoms with E-state index in [1.807, 2.05) is 61.5 Å². The Hall–Kier alpha value is -4.17. The average Bonchev–Trinajstić information content (AvgIpc) is 3.29. The van der Waals surface area contributed by atoms with Gasteiger partial charge in [-0.1, -0.05) is 85.8 Å². The number of fused-ring (bicyclic) bond motifs is 3. The van der Waals surface area contributed by atoms with Crippen LogP contribution in [0.1, 0.15) is 55.7 Å². The summed E-state index contributed by atoms with van der Waals surface area (Å²) in [4.78, 5) is 37.1. The predicted octanol–water partition coefficient (Wildman–Crippen LogP) is 5.26. The van der Waals surface area contributed by atoms with Gasteiger partial charge in [0.25, 0.3) is 0 Å². The fraction of sp³-hybridized carbons (Fsp3) is 0.344. The molecule has 3 atom stereocenters. The maximum Gasteiger partial charge on any atom is 0.407 e. The molecule has 1 aliphatic rings. The SMILES string of the molecule is CCC(CCC(=O)N[C@H](C(=O)O)[C@@H](C)OCc1ccccc1)NC(=O)OCC1c2ccccc2-c2ccccc21. The molecule has 4 rings (SSSR count). The summed E-state index contributed by atoms with van der Waals surface area (Å²) in [5.41, 5.74) is 5.49. The smallest absolute Gasteiger partial charge is 0.407 e. The Morgan fingerprint density at radius 2 is 1.48 bits per heavy atom. The van der Waals surface area contributed by atoms with Crippen LogP contribution >= 0.6 is 0 Å². The van der Waals surface area contributed by atoms with Crippen molar-refractivity contribution in [3.8, 4) is 11.1 Å². The van der Waals surface area contributed by atoms with Crippen LogP contribution in [-0.2, 0) is 25.7 Å². The highest BCUT2D eigenvalue weighted by Crippen LogP contribution is 2.44. The number of ether oxygens (including phenoxy) is 2. The fourth-order valence-electron chi connectivity index (χ4n) is 5.01. The van der Waals surface area contributed by atoms with Crippen LogP contribution in [0.3, 0.4) is 0 Å². The van der Waals surface area contributed by atoms with Crippen molar-refractivity contribution in [3.05, 3.63) is 95.6 Å². The molecular formula is C32H36N2O6. The molecule has 0 aromatic heterocycles. The zero-order valence-electron chi connectivity index (χ0n) is 22.8. The number of nitrogens with one attached hydrogen (secondary N) is 2. The number of aliphatic carboxylic acids is 1. The molecule has 8 heteroatoms. The Morgan fingerprint density at radius 1 is 0.875 bits per heavy atom. The Labute approximate surface area is 234 Å². The molecule has 1 aliphatic carbocycles. The molecule has 40 heavy (non-hydrogen) atoms. The number of alkyl carbamates (subject to hydrolysis) is 1. The van der Waals surface area contributed by atoms with E-state index in [1.54, 1.807) is 6.92 Å². The van der Waals surface area contributed by atoms with Gasteiger partial charge in [-0.05, 0) is 47.6 Å². The van der Waals surface area contributed by atoms with E-state index < -0.39 is 30.1 Å². The van der Waals surface area contributed by atoms with Gasteiger partial charge in [0.2, 0.25) is 5.91 Å². The Morgan fingerprint density at radius 3 is 2.08 bits per heavy atom. The first-order valence-corrected chi connectivity index (χ1v) is 13.7.